The van der Waals surface area contributed by atoms with E-state index in [1.54, 1.807) is 6.20 Å². The van der Waals surface area contributed by atoms with Gasteiger partial charge in [0.25, 0.3) is 0 Å². The van der Waals surface area contributed by atoms with E-state index < -0.39 is 12.0 Å². The lowest BCUT2D eigenvalue weighted by Crippen LogP contribution is -2.43. The molecule has 1 heterocycles. The van der Waals surface area contributed by atoms with Crippen molar-refractivity contribution in [1.29, 1.82) is 0 Å². The minimum atomic E-state index is -0.588. The van der Waals surface area contributed by atoms with Gasteiger partial charge in [0, 0.05) is 19.4 Å². The van der Waals surface area contributed by atoms with E-state index in [4.69, 9.17) is 4.74 Å². The van der Waals surface area contributed by atoms with Crippen LogP contribution in [-0.2, 0) is 21.4 Å². The highest BCUT2D eigenvalue weighted by atomic mass is 32.2. The third-order valence-electron chi connectivity index (χ3n) is 2.64. The average Bonchev–Trinajstić information content (AvgIpc) is 2.79. The molecule has 0 aliphatic rings. The van der Waals surface area contributed by atoms with E-state index in [2.05, 4.69) is 10.3 Å². The number of carbonyl (C=O) groups excluding carboxylic acids is 2. The smallest absolute Gasteiger partial charge is 0.328 e. The highest BCUT2D eigenvalue weighted by molar-refractivity contribution is 7.99. The first-order valence-electron chi connectivity index (χ1n) is 6.41. The average molecular weight is 299 g/mol. The van der Waals surface area contributed by atoms with Crippen molar-refractivity contribution in [2.45, 2.75) is 31.5 Å². The molecule has 1 amide bonds. The molecule has 7 heteroatoms. The van der Waals surface area contributed by atoms with Crippen molar-refractivity contribution in [2.24, 2.45) is 13.0 Å². The highest BCUT2D eigenvalue weighted by Crippen LogP contribution is 2.14. The molecule has 0 aromatic carbocycles. The first-order chi connectivity index (χ1) is 9.43. The van der Waals surface area contributed by atoms with Gasteiger partial charge < -0.3 is 14.6 Å². The van der Waals surface area contributed by atoms with Crippen LogP contribution in [0.2, 0.25) is 0 Å². The van der Waals surface area contributed by atoms with Gasteiger partial charge in [-0.1, -0.05) is 25.6 Å². The van der Waals surface area contributed by atoms with Crippen LogP contribution in [0, 0.1) is 5.92 Å². The Labute approximate surface area is 123 Å². The Morgan fingerprint density at radius 3 is 2.70 bits per heavy atom. The van der Waals surface area contributed by atoms with Gasteiger partial charge in [-0.15, -0.1) is 0 Å². The molecule has 1 atom stereocenters. The number of thioether (sulfide) groups is 1. The van der Waals surface area contributed by atoms with Gasteiger partial charge in [0.1, 0.15) is 6.04 Å². The number of carbonyl (C=O) groups is 2. The predicted molar refractivity (Wildman–Crippen MR) is 77.3 cm³/mol. The van der Waals surface area contributed by atoms with Crippen LogP contribution in [0.1, 0.15) is 20.3 Å². The van der Waals surface area contributed by atoms with Crippen molar-refractivity contribution >= 4 is 23.6 Å². The summed E-state index contributed by atoms with van der Waals surface area (Å²) >= 11 is 1.33. The molecule has 0 saturated heterocycles. The minimum absolute atomic E-state index is 0.200. The lowest BCUT2D eigenvalue weighted by molar-refractivity contribution is -0.145. The molecule has 1 rings (SSSR count). The van der Waals surface area contributed by atoms with Crippen molar-refractivity contribution in [3.8, 4) is 0 Å². The van der Waals surface area contributed by atoms with E-state index in [0.29, 0.717) is 12.3 Å². The van der Waals surface area contributed by atoms with Gasteiger partial charge in [-0.2, -0.15) is 0 Å². The van der Waals surface area contributed by atoms with Crippen molar-refractivity contribution < 1.29 is 14.3 Å². The Morgan fingerprint density at radius 2 is 2.20 bits per heavy atom. The molecule has 0 bridgehead atoms. The molecule has 0 aliphatic carbocycles. The van der Waals surface area contributed by atoms with Crippen LogP contribution in [0.3, 0.4) is 0 Å². The van der Waals surface area contributed by atoms with Crippen molar-refractivity contribution in [3.63, 3.8) is 0 Å². The number of esters is 1. The number of aromatic nitrogens is 2. The fraction of sp³-hybridized carbons (Fsp3) is 0.615. The number of ether oxygens (including phenoxy) is 1. The van der Waals surface area contributed by atoms with Gasteiger partial charge in [-0.05, 0) is 12.3 Å². The van der Waals surface area contributed by atoms with Gasteiger partial charge in [0.15, 0.2) is 5.16 Å². The Balaban J connectivity index is 2.49. The number of methoxy groups -OCH3 is 1. The second-order valence-electron chi connectivity index (χ2n) is 4.88. The molecule has 0 radical (unpaired) electrons. The molecular weight excluding hydrogens is 278 g/mol. The third-order valence-corrected chi connectivity index (χ3v) is 3.70. The Hall–Kier alpha value is -1.50. The Bertz CT molecular complexity index is 459. The van der Waals surface area contributed by atoms with E-state index in [0.717, 1.165) is 5.16 Å². The summed E-state index contributed by atoms with van der Waals surface area (Å²) < 4.78 is 6.54. The molecular formula is C13H21N3O3S. The Morgan fingerprint density at radius 1 is 1.50 bits per heavy atom. The van der Waals surface area contributed by atoms with Gasteiger partial charge in [0.2, 0.25) is 5.91 Å². The summed E-state index contributed by atoms with van der Waals surface area (Å²) in [5, 5.41) is 3.47. The first-order valence-corrected chi connectivity index (χ1v) is 7.40. The van der Waals surface area contributed by atoms with Crippen molar-refractivity contribution in [2.75, 3.05) is 12.9 Å². The number of hydrogen-bond donors (Lipinski definition) is 1. The van der Waals surface area contributed by atoms with E-state index in [1.165, 1.54) is 18.9 Å². The second-order valence-corrected chi connectivity index (χ2v) is 5.82. The standard InChI is InChI=1S/C13H21N3O3S/c1-9(2)7-10(12(18)19-4)15-11(17)8-20-13-14-5-6-16(13)3/h5-6,9-10H,7-8H2,1-4H3,(H,15,17). The lowest BCUT2D eigenvalue weighted by Gasteiger charge is -2.18. The SMILES string of the molecule is COC(=O)C(CC(C)C)NC(=O)CSc1nccn1C. The van der Waals surface area contributed by atoms with Crippen LogP contribution >= 0.6 is 11.8 Å². The van der Waals surface area contributed by atoms with Crippen LogP contribution in [0.4, 0.5) is 0 Å². The topological polar surface area (TPSA) is 73.2 Å². The fourth-order valence-electron chi connectivity index (χ4n) is 1.68. The van der Waals surface area contributed by atoms with Gasteiger partial charge in [-0.25, -0.2) is 9.78 Å². The van der Waals surface area contributed by atoms with Gasteiger partial charge >= 0.3 is 5.97 Å². The molecule has 0 fully saturated rings. The van der Waals surface area contributed by atoms with E-state index in [9.17, 15) is 9.59 Å². The van der Waals surface area contributed by atoms with Crippen LogP contribution in [0.25, 0.3) is 0 Å². The van der Waals surface area contributed by atoms with Crippen LogP contribution in [0.5, 0.6) is 0 Å². The number of hydrogen-bond acceptors (Lipinski definition) is 5. The summed E-state index contributed by atoms with van der Waals surface area (Å²) in [7, 11) is 3.19. The maximum Gasteiger partial charge on any atom is 0.328 e. The molecule has 1 unspecified atom stereocenters. The monoisotopic (exact) mass is 299 g/mol. The van der Waals surface area contributed by atoms with Gasteiger partial charge in [-0.3, -0.25) is 4.79 Å². The summed E-state index contributed by atoms with van der Waals surface area (Å²) in [6.45, 7) is 3.98. The molecule has 20 heavy (non-hydrogen) atoms. The predicted octanol–water partition coefficient (Wildman–Crippen LogP) is 1.22. The normalized spacial score (nSPS) is 12.2. The summed E-state index contributed by atoms with van der Waals surface area (Å²) in [5.74, 6) is -0.0964. The zero-order chi connectivity index (χ0) is 15.1. The summed E-state index contributed by atoms with van der Waals surface area (Å²) in [5.41, 5.74) is 0. The summed E-state index contributed by atoms with van der Waals surface area (Å²) in [4.78, 5) is 27.6. The zero-order valence-corrected chi connectivity index (χ0v) is 13.1. The third kappa shape index (κ3) is 5.24. The number of imidazole rings is 1. The maximum atomic E-state index is 11.9. The molecule has 6 nitrogen and oxygen atoms in total. The number of rotatable bonds is 7. The molecule has 1 aromatic heterocycles. The molecule has 112 valence electrons. The van der Waals surface area contributed by atoms with E-state index >= 15 is 0 Å². The van der Waals surface area contributed by atoms with Crippen LogP contribution in [0.15, 0.2) is 17.6 Å². The summed E-state index contributed by atoms with van der Waals surface area (Å²) in [6.07, 6.45) is 4.05. The van der Waals surface area contributed by atoms with Gasteiger partial charge in [0.05, 0.1) is 12.9 Å². The molecule has 1 N–H and O–H groups in total. The first kappa shape index (κ1) is 16.6. The van der Waals surface area contributed by atoms with E-state index in [1.807, 2.05) is 31.7 Å². The van der Waals surface area contributed by atoms with Crippen molar-refractivity contribution in [3.05, 3.63) is 12.4 Å². The van der Waals surface area contributed by atoms with Crippen molar-refractivity contribution in [1.82, 2.24) is 14.9 Å². The fourth-order valence-corrected chi connectivity index (χ4v) is 2.43. The Kier molecular flexibility index (Phi) is 6.57. The lowest BCUT2D eigenvalue weighted by atomic mass is 10.0. The molecule has 1 aromatic rings. The molecule has 0 saturated carbocycles. The van der Waals surface area contributed by atoms with Crippen LogP contribution < -0.4 is 5.32 Å². The zero-order valence-electron chi connectivity index (χ0n) is 12.3. The second kappa shape index (κ2) is 7.94. The maximum absolute atomic E-state index is 11.9. The van der Waals surface area contributed by atoms with E-state index in [-0.39, 0.29) is 11.7 Å². The summed E-state index contributed by atoms with van der Waals surface area (Å²) in [6, 6.07) is -0.588. The highest BCUT2D eigenvalue weighted by Gasteiger charge is 2.22. The number of nitrogens with one attached hydrogen (secondary N) is 1. The molecule has 0 aliphatic heterocycles. The number of aryl methyl sites for hydroxylation is 1. The number of amides is 1. The number of nitrogens with zero attached hydrogens (tertiary/aromatic N) is 2. The molecule has 0 spiro atoms. The largest absolute Gasteiger partial charge is 0.467 e. The van der Waals surface area contributed by atoms with Crippen LogP contribution in [-0.4, -0.2) is 40.3 Å². The minimum Gasteiger partial charge on any atom is -0.467 e. The quantitative estimate of drug-likeness (QED) is 0.605.